The molecule has 0 fully saturated rings. The molecule has 4 aromatic rings. The van der Waals surface area contributed by atoms with Gasteiger partial charge in [0, 0.05) is 17.6 Å². The van der Waals surface area contributed by atoms with Crippen molar-refractivity contribution in [3.05, 3.63) is 48.5 Å². The van der Waals surface area contributed by atoms with Crippen LogP contribution in [0.25, 0.3) is 21.1 Å². The van der Waals surface area contributed by atoms with Crippen LogP contribution in [-0.2, 0) is 0 Å². The Hall–Kier alpha value is -2.93. The first-order valence-electron chi connectivity index (χ1n) is 7.13. The summed E-state index contributed by atoms with van der Waals surface area (Å²) in [7, 11) is 0. The SMILES string of the molecule is C=CCNc1nc(Nc2ccc3[nH]ncc3c2)c2sccc2n1. The maximum Gasteiger partial charge on any atom is 0.225 e. The predicted octanol–water partition coefficient (Wildman–Crippen LogP) is 3.91. The van der Waals surface area contributed by atoms with Gasteiger partial charge in [-0.2, -0.15) is 10.1 Å². The lowest BCUT2D eigenvalue weighted by Gasteiger charge is -2.09. The standard InChI is InChI=1S/C16H14N6S/c1-2-6-17-16-20-13-5-7-23-14(13)15(21-16)19-11-3-4-12-10(8-11)9-18-22-12/h2-5,7-9H,1,6H2,(H,18,22)(H2,17,19,20,21). The van der Waals surface area contributed by atoms with Crippen LogP contribution in [0.5, 0.6) is 0 Å². The van der Waals surface area contributed by atoms with Gasteiger partial charge in [0.05, 0.1) is 21.9 Å². The van der Waals surface area contributed by atoms with E-state index in [9.17, 15) is 0 Å². The van der Waals surface area contributed by atoms with E-state index in [4.69, 9.17) is 0 Å². The monoisotopic (exact) mass is 322 g/mol. The first kappa shape index (κ1) is 13.7. The molecular weight excluding hydrogens is 308 g/mol. The minimum atomic E-state index is 0.586. The lowest BCUT2D eigenvalue weighted by atomic mass is 10.2. The quantitative estimate of drug-likeness (QED) is 0.486. The Labute approximate surface area is 136 Å². The molecule has 0 atom stereocenters. The summed E-state index contributed by atoms with van der Waals surface area (Å²) in [4.78, 5) is 9.08. The van der Waals surface area contributed by atoms with E-state index < -0.39 is 0 Å². The minimum absolute atomic E-state index is 0.586. The lowest BCUT2D eigenvalue weighted by Crippen LogP contribution is -2.05. The third-order valence-corrected chi connectivity index (χ3v) is 4.32. The average Bonchev–Trinajstić information content (AvgIpc) is 3.21. The van der Waals surface area contributed by atoms with Crippen LogP contribution in [-0.4, -0.2) is 26.7 Å². The lowest BCUT2D eigenvalue weighted by molar-refractivity contribution is 1.12. The summed E-state index contributed by atoms with van der Waals surface area (Å²) in [6.45, 7) is 4.32. The molecule has 3 heterocycles. The third-order valence-electron chi connectivity index (χ3n) is 3.41. The van der Waals surface area contributed by atoms with Crippen molar-refractivity contribution >= 4 is 49.9 Å². The second-order valence-corrected chi connectivity index (χ2v) is 5.91. The largest absolute Gasteiger partial charge is 0.351 e. The van der Waals surface area contributed by atoms with Crippen LogP contribution >= 0.6 is 11.3 Å². The Bertz CT molecular complexity index is 986. The van der Waals surface area contributed by atoms with Crippen molar-refractivity contribution in [3.63, 3.8) is 0 Å². The number of thiophene rings is 1. The molecular formula is C16H14N6S. The van der Waals surface area contributed by atoms with Crippen LogP contribution in [0.1, 0.15) is 0 Å². The highest BCUT2D eigenvalue weighted by Crippen LogP contribution is 2.30. The Kier molecular flexibility index (Phi) is 3.39. The molecule has 114 valence electrons. The number of benzene rings is 1. The summed E-state index contributed by atoms with van der Waals surface area (Å²) >= 11 is 1.62. The molecule has 1 aromatic carbocycles. The highest BCUT2D eigenvalue weighted by atomic mass is 32.1. The molecule has 6 nitrogen and oxygen atoms in total. The van der Waals surface area contributed by atoms with Gasteiger partial charge in [-0.05, 0) is 29.6 Å². The van der Waals surface area contributed by atoms with Gasteiger partial charge < -0.3 is 10.6 Å². The van der Waals surface area contributed by atoms with Crippen LogP contribution in [0.4, 0.5) is 17.5 Å². The van der Waals surface area contributed by atoms with Gasteiger partial charge in [-0.15, -0.1) is 17.9 Å². The van der Waals surface area contributed by atoms with Gasteiger partial charge in [0.15, 0.2) is 5.82 Å². The van der Waals surface area contributed by atoms with Crippen molar-refractivity contribution in [1.82, 2.24) is 20.2 Å². The van der Waals surface area contributed by atoms with Crippen molar-refractivity contribution in [2.75, 3.05) is 17.2 Å². The molecule has 0 saturated carbocycles. The maximum atomic E-state index is 4.58. The molecule has 0 aliphatic carbocycles. The van der Waals surface area contributed by atoms with Gasteiger partial charge in [-0.25, -0.2) is 4.98 Å². The number of aromatic nitrogens is 4. The number of hydrogen-bond donors (Lipinski definition) is 3. The van der Waals surface area contributed by atoms with E-state index in [0.717, 1.165) is 32.6 Å². The topological polar surface area (TPSA) is 78.5 Å². The zero-order valence-electron chi connectivity index (χ0n) is 12.2. The van der Waals surface area contributed by atoms with Gasteiger partial charge in [-0.1, -0.05) is 6.08 Å². The van der Waals surface area contributed by atoms with Crippen molar-refractivity contribution < 1.29 is 0 Å². The van der Waals surface area contributed by atoms with Crippen LogP contribution in [0.3, 0.4) is 0 Å². The highest BCUT2D eigenvalue weighted by Gasteiger charge is 2.09. The van der Waals surface area contributed by atoms with Crippen LogP contribution in [0, 0.1) is 0 Å². The zero-order valence-corrected chi connectivity index (χ0v) is 13.0. The molecule has 4 rings (SSSR count). The fraction of sp³-hybridized carbons (Fsp3) is 0.0625. The molecule has 7 heteroatoms. The Balaban J connectivity index is 1.73. The summed E-state index contributed by atoms with van der Waals surface area (Å²) in [5.74, 6) is 1.38. The van der Waals surface area contributed by atoms with Gasteiger partial charge in [0.1, 0.15) is 0 Å². The van der Waals surface area contributed by atoms with E-state index >= 15 is 0 Å². The summed E-state index contributed by atoms with van der Waals surface area (Å²) in [6, 6.07) is 8.02. The Morgan fingerprint density at radius 3 is 3.13 bits per heavy atom. The van der Waals surface area contributed by atoms with Crippen molar-refractivity contribution in [3.8, 4) is 0 Å². The summed E-state index contributed by atoms with van der Waals surface area (Å²) in [5.41, 5.74) is 2.89. The molecule has 0 radical (unpaired) electrons. The number of fused-ring (bicyclic) bond motifs is 2. The van der Waals surface area contributed by atoms with E-state index in [1.165, 1.54) is 0 Å². The summed E-state index contributed by atoms with van der Waals surface area (Å²) in [6.07, 6.45) is 3.58. The van der Waals surface area contributed by atoms with E-state index in [-0.39, 0.29) is 0 Å². The van der Waals surface area contributed by atoms with Crippen LogP contribution in [0.2, 0.25) is 0 Å². The van der Waals surface area contributed by atoms with Crippen molar-refractivity contribution in [2.24, 2.45) is 0 Å². The fourth-order valence-corrected chi connectivity index (χ4v) is 3.12. The normalized spacial score (nSPS) is 11.0. The second kappa shape index (κ2) is 5.69. The number of anilines is 3. The zero-order chi connectivity index (χ0) is 15.6. The molecule has 0 unspecified atom stereocenters. The van der Waals surface area contributed by atoms with Crippen LogP contribution < -0.4 is 10.6 Å². The molecule has 0 amide bonds. The van der Waals surface area contributed by atoms with Gasteiger partial charge in [-0.3, -0.25) is 5.10 Å². The van der Waals surface area contributed by atoms with E-state index in [1.54, 1.807) is 23.6 Å². The van der Waals surface area contributed by atoms with Gasteiger partial charge in [0.2, 0.25) is 5.95 Å². The molecule has 0 saturated heterocycles. The number of hydrogen-bond acceptors (Lipinski definition) is 6. The number of H-pyrrole nitrogens is 1. The first-order chi connectivity index (χ1) is 11.3. The molecule has 23 heavy (non-hydrogen) atoms. The number of aromatic amines is 1. The Morgan fingerprint density at radius 2 is 2.22 bits per heavy atom. The summed E-state index contributed by atoms with van der Waals surface area (Å²) in [5, 5.41) is 16.6. The molecule has 0 bridgehead atoms. The second-order valence-electron chi connectivity index (χ2n) is 5.00. The molecule has 3 N–H and O–H groups in total. The van der Waals surface area contributed by atoms with E-state index in [2.05, 4.69) is 37.4 Å². The number of rotatable bonds is 5. The minimum Gasteiger partial charge on any atom is -0.351 e. The van der Waals surface area contributed by atoms with Crippen molar-refractivity contribution in [1.29, 1.82) is 0 Å². The van der Waals surface area contributed by atoms with E-state index in [1.807, 2.05) is 29.6 Å². The molecule has 0 spiro atoms. The van der Waals surface area contributed by atoms with Gasteiger partial charge in [0.25, 0.3) is 0 Å². The van der Waals surface area contributed by atoms with E-state index in [0.29, 0.717) is 12.5 Å². The third kappa shape index (κ3) is 2.62. The number of nitrogens with zero attached hydrogens (tertiary/aromatic N) is 3. The molecule has 0 aliphatic heterocycles. The highest BCUT2D eigenvalue weighted by molar-refractivity contribution is 7.17. The fourth-order valence-electron chi connectivity index (χ4n) is 2.35. The molecule has 0 aliphatic rings. The van der Waals surface area contributed by atoms with Crippen molar-refractivity contribution in [2.45, 2.75) is 0 Å². The predicted molar refractivity (Wildman–Crippen MR) is 95.5 cm³/mol. The maximum absolute atomic E-state index is 4.58. The first-order valence-corrected chi connectivity index (χ1v) is 8.01. The van der Waals surface area contributed by atoms with Crippen LogP contribution in [0.15, 0.2) is 48.5 Å². The average molecular weight is 322 g/mol. The smallest absolute Gasteiger partial charge is 0.225 e. The molecule has 3 aromatic heterocycles. The van der Waals surface area contributed by atoms with Gasteiger partial charge >= 0.3 is 0 Å². The number of nitrogens with one attached hydrogen (secondary N) is 3. The Morgan fingerprint density at radius 1 is 1.26 bits per heavy atom. The summed E-state index contributed by atoms with van der Waals surface area (Å²) < 4.78 is 1.03.